The van der Waals surface area contributed by atoms with Gasteiger partial charge in [-0.15, -0.1) is 0 Å². The van der Waals surface area contributed by atoms with Crippen molar-refractivity contribution in [1.82, 2.24) is 25.4 Å². The lowest BCUT2D eigenvalue weighted by molar-refractivity contribution is -0.121. The van der Waals surface area contributed by atoms with Crippen molar-refractivity contribution in [3.8, 4) is 5.69 Å². The average molecular weight is 399 g/mol. The lowest BCUT2D eigenvalue weighted by atomic mass is 10.1. The van der Waals surface area contributed by atoms with Crippen LogP contribution in [0.3, 0.4) is 0 Å². The summed E-state index contributed by atoms with van der Waals surface area (Å²) in [5.41, 5.74) is 1.48. The Morgan fingerprint density at radius 2 is 1.90 bits per heavy atom. The fourth-order valence-electron chi connectivity index (χ4n) is 2.71. The monoisotopic (exact) mass is 399 g/mol. The first kappa shape index (κ1) is 20.1. The molecule has 3 rings (SSSR count). The molecule has 2 N–H and O–H groups in total. The van der Waals surface area contributed by atoms with Crippen molar-refractivity contribution < 1.29 is 18.4 Å². The van der Waals surface area contributed by atoms with Crippen molar-refractivity contribution in [2.45, 2.75) is 19.4 Å². The van der Waals surface area contributed by atoms with E-state index in [2.05, 4.69) is 20.7 Å². The number of nitrogens with zero attached hydrogens (tertiary/aromatic N) is 3. The van der Waals surface area contributed by atoms with E-state index in [0.717, 1.165) is 23.4 Å². The smallest absolute Gasteiger partial charge is 0.254 e. The summed E-state index contributed by atoms with van der Waals surface area (Å²) in [4.78, 5) is 27.9. The molecule has 1 heterocycles. The number of amides is 2. The van der Waals surface area contributed by atoms with Crippen molar-refractivity contribution in [3.05, 3.63) is 77.9 Å². The van der Waals surface area contributed by atoms with Crippen LogP contribution in [-0.2, 0) is 4.79 Å². The maximum absolute atomic E-state index is 13.6. The van der Waals surface area contributed by atoms with Crippen LogP contribution >= 0.6 is 0 Å². The highest BCUT2D eigenvalue weighted by Gasteiger charge is 2.14. The molecule has 3 aromatic rings. The second-order valence-corrected chi connectivity index (χ2v) is 6.35. The Morgan fingerprint density at radius 3 is 2.55 bits per heavy atom. The van der Waals surface area contributed by atoms with Crippen LogP contribution in [0.15, 0.2) is 55.1 Å². The Morgan fingerprint density at radius 1 is 1.14 bits per heavy atom. The van der Waals surface area contributed by atoms with Gasteiger partial charge < -0.3 is 10.6 Å². The zero-order chi connectivity index (χ0) is 20.8. The quantitative estimate of drug-likeness (QED) is 0.639. The van der Waals surface area contributed by atoms with Crippen molar-refractivity contribution in [1.29, 1.82) is 0 Å². The molecule has 1 aromatic heterocycles. The number of benzene rings is 2. The summed E-state index contributed by atoms with van der Waals surface area (Å²) in [5, 5.41) is 9.33. The number of carbonyl (C=O) groups is 2. The summed E-state index contributed by atoms with van der Waals surface area (Å²) in [6, 6.07) is 9.94. The molecule has 0 aliphatic carbocycles. The molecule has 9 heteroatoms. The van der Waals surface area contributed by atoms with Crippen LogP contribution in [-0.4, -0.2) is 33.1 Å². The Hall–Kier alpha value is -3.62. The first-order valence-electron chi connectivity index (χ1n) is 8.91. The molecule has 2 amide bonds. The first-order valence-corrected chi connectivity index (χ1v) is 8.91. The second kappa shape index (κ2) is 9.05. The number of aromatic nitrogens is 3. The minimum Gasteiger partial charge on any atom is -0.351 e. The molecule has 0 saturated carbocycles. The molecule has 29 heavy (non-hydrogen) atoms. The van der Waals surface area contributed by atoms with Gasteiger partial charge in [0.15, 0.2) is 0 Å². The molecule has 0 aliphatic heterocycles. The zero-order valence-electron chi connectivity index (χ0n) is 15.6. The molecule has 0 radical (unpaired) electrons. The van der Waals surface area contributed by atoms with Crippen molar-refractivity contribution >= 4 is 11.8 Å². The number of hydrogen-bond donors (Lipinski definition) is 2. The fraction of sp³-hybridized carbons (Fsp3) is 0.200. The summed E-state index contributed by atoms with van der Waals surface area (Å²) in [5.74, 6) is -2.68. The second-order valence-electron chi connectivity index (χ2n) is 6.35. The summed E-state index contributed by atoms with van der Waals surface area (Å²) >= 11 is 0. The van der Waals surface area contributed by atoms with Gasteiger partial charge in [-0.3, -0.25) is 9.59 Å². The predicted octanol–water partition coefficient (Wildman–Crippen LogP) is 2.54. The van der Waals surface area contributed by atoms with Crippen LogP contribution in [0.25, 0.3) is 5.69 Å². The van der Waals surface area contributed by atoms with Gasteiger partial charge in [-0.05, 0) is 36.8 Å². The molecule has 150 valence electrons. The van der Waals surface area contributed by atoms with Gasteiger partial charge in [-0.1, -0.05) is 12.1 Å². The molecule has 2 aromatic carbocycles. The number of rotatable bonds is 7. The Balaban J connectivity index is 1.47. The molecule has 1 unspecified atom stereocenters. The fourth-order valence-corrected chi connectivity index (χ4v) is 2.71. The molecule has 0 aliphatic rings. The lowest BCUT2D eigenvalue weighted by Crippen LogP contribution is -2.32. The largest absolute Gasteiger partial charge is 0.351 e. The molecular formula is C20H19F2N5O2. The van der Waals surface area contributed by atoms with Gasteiger partial charge in [-0.2, -0.15) is 5.10 Å². The van der Waals surface area contributed by atoms with E-state index in [1.807, 2.05) is 31.2 Å². The van der Waals surface area contributed by atoms with E-state index in [1.54, 1.807) is 11.0 Å². The number of hydrogen-bond acceptors (Lipinski definition) is 4. The Bertz CT molecular complexity index is 991. The molecular weight excluding hydrogens is 380 g/mol. The minimum atomic E-state index is -0.949. The van der Waals surface area contributed by atoms with Crippen LogP contribution < -0.4 is 10.6 Å². The minimum absolute atomic E-state index is 0.0237. The highest BCUT2D eigenvalue weighted by atomic mass is 19.1. The summed E-state index contributed by atoms with van der Waals surface area (Å²) in [7, 11) is 0. The first-order chi connectivity index (χ1) is 13.9. The van der Waals surface area contributed by atoms with E-state index in [4.69, 9.17) is 0 Å². The van der Waals surface area contributed by atoms with Crippen LogP contribution in [0.5, 0.6) is 0 Å². The van der Waals surface area contributed by atoms with Crippen LogP contribution in [0.2, 0.25) is 0 Å². The van der Waals surface area contributed by atoms with Gasteiger partial charge >= 0.3 is 0 Å². The van der Waals surface area contributed by atoms with E-state index < -0.39 is 17.5 Å². The van der Waals surface area contributed by atoms with Gasteiger partial charge in [0, 0.05) is 19.0 Å². The predicted molar refractivity (Wildman–Crippen MR) is 101 cm³/mol. The number of nitrogens with one attached hydrogen (secondary N) is 2. The third-order valence-electron chi connectivity index (χ3n) is 4.27. The summed E-state index contributed by atoms with van der Waals surface area (Å²) < 4.78 is 28.1. The van der Waals surface area contributed by atoms with E-state index in [-0.39, 0.29) is 30.5 Å². The summed E-state index contributed by atoms with van der Waals surface area (Å²) in [6.07, 6.45) is 3.06. The average Bonchev–Trinajstić information content (AvgIpc) is 3.22. The van der Waals surface area contributed by atoms with Gasteiger partial charge in [-0.25, -0.2) is 18.4 Å². The van der Waals surface area contributed by atoms with E-state index >= 15 is 0 Å². The molecule has 0 saturated heterocycles. The molecule has 0 spiro atoms. The maximum Gasteiger partial charge on any atom is 0.254 e. The normalized spacial score (nSPS) is 11.7. The number of carbonyl (C=O) groups excluding carboxylic acids is 2. The topological polar surface area (TPSA) is 88.9 Å². The lowest BCUT2D eigenvalue weighted by Gasteiger charge is -2.15. The van der Waals surface area contributed by atoms with Crippen molar-refractivity contribution in [2.75, 3.05) is 6.54 Å². The van der Waals surface area contributed by atoms with Gasteiger partial charge in [0.05, 0.1) is 17.3 Å². The zero-order valence-corrected chi connectivity index (χ0v) is 15.6. The van der Waals surface area contributed by atoms with Gasteiger partial charge in [0.25, 0.3) is 5.91 Å². The third-order valence-corrected chi connectivity index (χ3v) is 4.27. The maximum atomic E-state index is 13.6. The highest BCUT2D eigenvalue weighted by molar-refractivity contribution is 5.94. The molecule has 1 atom stereocenters. The van der Waals surface area contributed by atoms with Crippen LogP contribution in [0.1, 0.15) is 35.3 Å². The van der Waals surface area contributed by atoms with E-state index in [9.17, 15) is 18.4 Å². The van der Waals surface area contributed by atoms with Crippen LogP contribution in [0.4, 0.5) is 8.78 Å². The standard InChI is InChI=1S/C20H19F2N5O2/c1-13(14-2-5-16(6-3-14)27-12-23-11-25-27)26-19(28)8-9-24-20(29)17-7-4-15(21)10-18(17)22/h2-7,10-13H,8-9H2,1H3,(H,24,29)(H,26,28). The molecule has 0 fully saturated rings. The van der Waals surface area contributed by atoms with Crippen molar-refractivity contribution in [3.63, 3.8) is 0 Å². The summed E-state index contributed by atoms with van der Waals surface area (Å²) in [6.45, 7) is 1.87. The van der Waals surface area contributed by atoms with E-state index in [0.29, 0.717) is 6.07 Å². The molecule has 0 bridgehead atoms. The van der Waals surface area contributed by atoms with Gasteiger partial charge in [0.1, 0.15) is 24.3 Å². The Kier molecular flexibility index (Phi) is 6.28. The Labute approximate surface area is 165 Å². The SMILES string of the molecule is CC(NC(=O)CCNC(=O)c1ccc(F)cc1F)c1ccc(-n2cncn2)cc1. The number of halogens is 2. The van der Waals surface area contributed by atoms with Crippen LogP contribution in [0, 0.1) is 11.6 Å². The van der Waals surface area contributed by atoms with E-state index in [1.165, 1.54) is 6.33 Å². The van der Waals surface area contributed by atoms with Crippen molar-refractivity contribution in [2.24, 2.45) is 0 Å². The third kappa shape index (κ3) is 5.22. The van der Waals surface area contributed by atoms with Gasteiger partial charge in [0.2, 0.25) is 5.91 Å². The molecule has 7 nitrogen and oxygen atoms in total. The highest BCUT2D eigenvalue weighted by Crippen LogP contribution is 2.15.